The van der Waals surface area contributed by atoms with Gasteiger partial charge in [0, 0.05) is 17.5 Å². The van der Waals surface area contributed by atoms with Crippen molar-refractivity contribution in [2.24, 2.45) is 11.7 Å². The average molecular weight is 215 g/mol. The van der Waals surface area contributed by atoms with Crippen LogP contribution >= 0.6 is 0 Å². The Morgan fingerprint density at radius 1 is 1.19 bits per heavy atom. The SMILES string of the molecule is Cc1cc(C)cc(C(=O)C2C=CC(N)C2)c1. The molecule has 1 aromatic rings. The summed E-state index contributed by atoms with van der Waals surface area (Å²) in [6.07, 6.45) is 4.60. The molecule has 0 radical (unpaired) electrons. The number of allylic oxidation sites excluding steroid dienone is 1. The number of Topliss-reactive ketones (excluding diaryl/α,β-unsaturated/α-hetero) is 1. The van der Waals surface area contributed by atoms with Crippen molar-refractivity contribution in [2.75, 3.05) is 0 Å². The molecule has 0 saturated heterocycles. The van der Waals surface area contributed by atoms with Crippen molar-refractivity contribution in [3.63, 3.8) is 0 Å². The molecule has 84 valence electrons. The summed E-state index contributed by atoms with van der Waals surface area (Å²) in [7, 11) is 0. The lowest BCUT2D eigenvalue weighted by atomic mass is 9.94. The van der Waals surface area contributed by atoms with E-state index < -0.39 is 0 Å². The Morgan fingerprint density at radius 3 is 2.31 bits per heavy atom. The van der Waals surface area contributed by atoms with Gasteiger partial charge in [0.05, 0.1) is 0 Å². The highest BCUT2D eigenvalue weighted by molar-refractivity contribution is 5.99. The van der Waals surface area contributed by atoms with Gasteiger partial charge in [0.25, 0.3) is 0 Å². The molecule has 0 amide bonds. The van der Waals surface area contributed by atoms with Crippen LogP contribution in [0.3, 0.4) is 0 Å². The predicted molar refractivity (Wildman–Crippen MR) is 65.5 cm³/mol. The van der Waals surface area contributed by atoms with Crippen molar-refractivity contribution in [2.45, 2.75) is 26.3 Å². The fraction of sp³-hybridized carbons (Fsp3) is 0.357. The fourth-order valence-electron chi connectivity index (χ4n) is 2.25. The summed E-state index contributed by atoms with van der Waals surface area (Å²) < 4.78 is 0. The molecule has 16 heavy (non-hydrogen) atoms. The molecule has 0 saturated carbocycles. The Kier molecular flexibility index (Phi) is 2.92. The number of aryl methyl sites for hydroxylation is 2. The van der Waals surface area contributed by atoms with E-state index >= 15 is 0 Å². The number of ketones is 1. The fourth-order valence-corrected chi connectivity index (χ4v) is 2.25. The quantitative estimate of drug-likeness (QED) is 0.608. The van der Waals surface area contributed by atoms with Gasteiger partial charge < -0.3 is 5.73 Å². The lowest BCUT2D eigenvalue weighted by Gasteiger charge is -2.09. The number of nitrogens with two attached hydrogens (primary N) is 1. The molecule has 0 aliphatic heterocycles. The summed E-state index contributed by atoms with van der Waals surface area (Å²) in [4.78, 5) is 12.2. The molecule has 0 spiro atoms. The van der Waals surface area contributed by atoms with E-state index in [1.165, 1.54) is 0 Å². The molecule has 1 aliphatic carbocycles. The van der Waals surface area contributed by atoms with Gasteiger partial charge in [-0.15, -0.1) is 0 Å². The van der Waals surface area contributed by atoms with E-state index in [0.29, 0.717) is 0 Å². The Morgan fingerprint density at radius 2 is 1.81 bits per heavy atom. The largest absolute Gasteiger partial charge is 0.324 e. The molecule has 0 heterocycles. The van der Waals surface area contributed by atoms with Crippen LogP contribution < -0.4 is 5.73 Å². The molecule has 2 rings (SSSR count). The first-order valence-electron chi connectivity index (χ1n) is 5.62. The van der Waals surface area contributed by atoms with Crippen LogP contribution in [-0.2, 0) is 0 Å². The minimum Gasteiger partial charge on any atom is -0.324 e. The molecule has 2 unspecified atom stereocenters. The Balaban J connectivity index is 2.24. The summed E-state index contributed by atoms with van der Waals surface area (Å²) >= 11 is 0. The monoisotopic (exact) mass is 215 g/mol. The molecule has 2 nitrogen and oxygen atoms in total. The van der Waals surface area contributed by atoms with E-state index in [1.807, 2.05) is 38.1 Å². The van der Waals surface area contributed by atoms with Gasteiger partial charge in [0.2, 0.25) is 0 Å². The van der Waals surface area contributed by atoms with E-state index in [4.69, 9.17) is 5.73 Å². The molecule has 1 aromatic carbocycles. The molecule has 0 aromatic heterocycles. The highest BCUT2D eigenvalue weighted by atomic mass is 16.1. The number of hydrogen-bond donors (Lipinski definition) is 1. The van der Waals surface area contributed by atoms with Crippen LogP contribution in [0, 0.1) is 19.8 Å². The van der Waals surface area contributed by atoms with Crippen LogP contribution in [0.4, 0.5) is 0 Å². The normalized spacial score (nSPS) is 23.7. The third-order valence-corrected chi connectivity index (χ3v) is 2.96. The van der Waals surface area contributed by atoms with E-state index in [-0.39, 0.29) is 17.7 Å². The van der Waals surface area contributed by atoms with Crippen LogP contribution in [-0.4, -0.2) is 11.8 Å². The minimum atomic E-state index is -0.0313. The van der Waals surface area contributed by atoms with Crippen LogP contribution in [0.1, 0.15) is 27.9 Å². The Bertz CT molecular complexity index is 428. The maximum absolute atomic E-state index is 12.2. The zero-order chi connectivity index (χ0) is 11.7. The molecule has 0 bridgehead atoms. The summed E-state index contributed by atoms with van der Waals surface area (Å²) in [6.45, 7) is 4.03. The van der Waals surface area contributed by atoms with Crippen LogP contribution in [0.5, 0.6) is 0 Å². The summed E-state index contributed by atoms with van der Waals surface area (Å²) in [5, 5.41) is 0. The van der Waals surface area contributed by atoms with Crippen LogP contribution in [0.2, 0.25) is 0 Å². The maximum Gasteiger partial charge on any atom is 0.169 e. The molecular weight excluding hydrogens is 198 g/mol. The van der Waals surface area contributed by atoms with Gasteiger partial charge in [0.15, 0.2) is 5.78 Å². The maximum atomic E-state index is 12.2. The summed E-state index contributed by atoms with van der Waals surface area (Å²) in [5.41, 5.74) is 8.84. The number of rotatable bonds is 2. The third-order valence-electron chi connectivity index (χ3n) is 2.96. The van der Waals surface area contributed by atoms with Gasteiger partial charge >= 0.3 is 0 Å². The lowest BCUT2D eigenvalue weighted by molar-refractivity contribution is 0.0943. The molecule has 2 heteroatoms. The molecule has 0 fully saturated rings. The molecular formula is C14H17NO. The highest BCUT2D eigenvalue weighted by Crippen LogP contribution is 2.22. The number of carbonyl (C=O) groups excluding carboxylic acids is 1. The smallest absolute Gasteiger partial charge is 0.169 e. The highest BCUT2D eigenvalue weighted by Gasteiger charge is 2.23. The van der Waals surface area contributed by atoms with Crippen molar-refractivity contribution in [1.82, 2.24) is 0 Å². The van der Waals surface area contributed by atoms with E-state index in [0.717, 1.165) is 23.1 Å². The first-order chi connectivity index (χ1) is 7.56. The summed E-state index contributed by atoms with van der Waals surface area (Å²) in [6, 6.07) is 6.02. The number of benzene rings is 1. The lowest BCUT2D eigenvalue weighted by Crippen LogP contribution is -2.19. The van der Waals surface area contributed by atoms with Gasteiger partial charge in [-0.1, -0.05) is 29.3 Å². The third kappa shape index (κ3) is 2.22. The van der Waals surface area contributed by atoms with Crippen molar-refractivity contribution >= 4 is 5.78 Å². The van der Waals surface area contributed by atoms with E-state index in [9.17, 15) is 4.79 Å². The zero-order valence-electron chi connectivity index (χ0n) is 9.73. The average Bonchev–Trinajstić information content (AvgIpc) is 2.62. The van der Waals surface area contributed by atoms with E-state index in [2.05, 4.69) is 6.07 Å². The molecule has 2 atom stereocenters. The van der Waals surface area contributed by atoms with Gasteiger partial charge in [-0.05, 0) is 32.4 Å². The van der Waals surface area contributed by atoms with Crippen LogP contribution in [0.15, 0.2) is 30.4 Å². The van der Waals surface area contributed by atoms with E-state index in [1.54, 1.807) is 0 Å². The number of carbonyl (C=O) groups is 1. The van der Waals surface area contributed by atoms with Gasteiger partial charge in [-0.25, -0.2) is 0 Å². The first kappa shape index (κ1) is 11.1. The standard InChI is InChI=1S/C14H17NO/c1-9-5-10(2)7-12(6-9)14(16)11-3-4-13(15)8-11/h3-7,11,13H,8,15H2,1-2H3. The topological polar surface area (TPSA) is 43.1 Å². The Labute approximate surface area is 96.2 Å². The molecule has 2 N–H and O–H groups in total. The second-order valence-corrected chi connectivity index (χ2v) is 4.63. The first-order valence-corrected chi connectivity index (χ1v) is 5.62. The van der Waals surface area contributed by atoms with Gasteiger partial charge in [-0.2, -0.15) is 0 Å². The van der Waals surface area contributed by atoms with Crippen LogP contribution in [0.25, 0.3) is 0 Å². The van der Waals surface area contributed by atoms with Crippen molar-refractivity contribution in [3.8, 4) is 0 Å². The minimum absolute atomic E-state index is 0.0313. The van der Waals surface area contributed by atoms with Crippen molar-refractivity contribution in [3.05, 3.63) is 47.0 Å². The second kappa shape index (κ2) is 4.22. The number of hydrogen-bond acceptors (Lipinski definition) is 2. The Hall–Kier alpha value is -1.41. The van der Waals surface area contributed by atoms with Crippen molar-refractivity contribution < 1.29 is 4.79 Å². The van der Waals surface area contributed by atoms with Gasteiger partial charge in [0.1, 0.15) is 0 Å². The summed E-state index contributed by atoms with van der Waals surface area (Å²) in [5.74, 6) is 0.159. The molecule has 1 aliphatic rings. The van der Waals surface area contributed by atoms with Crippen molar-refractivity contribution in [1.29, 1.82) is 0 Å². The van der Waals surface area contributed by atoms with Gasteiger partial charge in [-0.3, -0.25) is 4.79 Å². The zero-order valence-corrected chi connectivity index (χ0v) is 9.73. The predicted octanol–water partition coefficient (Wildman–Crippen LogP) is 2.39. The second-order valence-electron chi connectivity index (χ2n) is 4.63.